The number of carbonyl (C=O) groups is 2. The second-order valence-electron chi connectivity index (χ2n) is 4.97. The van der Waals surface area contributed by atoms with E-state index in [1.54, 1.807) is 0 Å². The molecule has 0 amide bonds. The third kappa shape index (κ3) is 3.90. The minimum Gasteiger partial charge on any atom is -0.481 e. The Labute approximate surface area is 112 Å². The van der Waals surface area contributed by atoms with Crippen molar-refractivity contribution in [1.82, 2.24) is 4.72 Å². The van der Waals surface area contributed by atoms with Crippen molar-refractivity contribution in [1.29, 1.82) is 0 Å². The van der Waals surface area contributed by atoms with Gasteiger partial charge < -0.3 is 9.84 Å². The molecule has 1 rings (SSSR count). The highest BCUT2D eigenvalue weighted by Gasteiger charge is 2.44. The molecule has 1 fully saturated rings. The van der Waals surface area contributed by atoms with E-state index in [1.807, 2.05) is 0 Å². The van der Waals surface area contributed by atoms with Crippen LogP contribution < -0.4 is 4.72 Å². The second-order valence-corrected chi connectivity index (χ2v) is 6.73. The Morgan fingerprint density at radius 2 is 2.05 bits per heavy atom. The third-order valence-corrected chi connectivity index (χ3v) is 4.81. The molecule has 0 bridgehead atoms. The molecule has 8 heteroatoms. The first-order valence-corrected chi connectivity index (χ1v) is 7.67. The fraction of sp³-hybridized carbons (Fsp3) is 0.818. The number of nitrogens with one attached hydrogen (secondary N) is 1. The van der Waals surface area contributed by atoms with E-state index in [0.29, 0.717) is 12.8 Å². The maximum absolute atomic E-state index is 11.8. The van der Waals surface area contributed by atoms with Gasteiger partial charge in [0.25, 0.3) is 0 Å². The van der Waals surface area contributed by atoms with Gasteiger partial charge in [-0.1, -0.05) is 12.8 Å². The number of ether oxygens (including phenoxy) is 1. The van der Waals surface area contributed by atoms with E-state index in [4.69, 9.17) is 0 Å². The molecule has 110 valence electrons. The summed E-state index contributed by atoms with van der Waals surface area (Å²) in [5.74, 6) is -2.70. The van der Waals surface area contributed by atoms with Crippen molar-refractivity contribution in [2.24, 2.45) is 5.41 Å². The van der Waals surface area contributed by atoms with Crippen molar-refractivity contribution in [3.8, 4) is 0 Å². The number of rotatable bonds is 5. The molecule has 19 heavy (non-hydrogen) atoms. The zero-order chi connectivity index (χ0) is 14.7. The van der Waals surface area contributed by atoms with E-state index in [0.717, 1.165) is 20.0 Å². The molecule has 2 atom stereocenters. The molecular formula is C11H19NO6S. The SMILES string of the molecule is COC(=O)CS(=O)(=O)NC1CCCCC1(C)C(=O)O. The zero-order valence-electron chi connectivity index (χ0n) is 11.0. The summed E-state index contributed by atoms with van der Waals surface area (Å²) in [6, 6.07) is -0.701. The van der Waals surface area contributed by atoms with Crippen LogP contribution in [0.2, 0.25) is 0 Å². The predicted octanol–water partition coefficient (Wildman–Crippen LogP) is 0.112. The van der Waals surface area contributed by atoms with Crippen LogP contribution in [0.4, 0.5) is 0 Å². The van der Waals surface area contributed by atoms with Gasteiger partial charge in [0.05, 0.1) is 12.5 Å². The minimum atomic E-state index is -3.88. The number of esters is 1. The van der Waals surface area contributed by atoms with Gasteiger partial charge in [-0.3, -0.25) is 9.59 Å². The molecule has 0 aliphatic heterocycles. The van der Waals surface area contributed by atoms with Crippen molar-refractivity contribution < 1.29 is 27.9 Å². The molecule has 0 spiro atoms. The monoisotopic (exact) mass is 293 g/mol. The van der Waals surface area contributed by atoms with Gasteiger partial charge in [0.15, 0.2) is 5.75 Å². The first kappa shape index (κ1) is 15.9. The molecule has 1 saturated carbocycles. The number of carboxylic acid groups (broad SMARTS) is 1. The van der Waals surface area contributed by atoms with Crippen molar-refractivity contribution in [2.45, 2.75) is 38.6 Å². The van der Waals surface area contributed by atoms with Gasteiger partial charge in [-0.25, -0.2) is 13.1 Å². The largest absolute Gasteiger partial charge is 0.481 e. The number of hydrogen-bond acceptors (Lipinski definition) is 5. The van der Waals surface area contributed by atoms with E-state index in [2.05, 4.69) is 9.46 Å². The smallest absolute Gasteiger partial charge is 0.322 e. The quantitative estimate of drug-likeness (QED) is 0.696. The molecule has 0 aromatic heterocycles. The number of aliphatic carboxylic acids is 1. The fourth-order valence-corrected chi connectivity index (χ4v) is 3.57. The van der Waals surface area contributed by atoms with Gasteiger partial charge in [-0.2, -0.15) is 0 Å². The van der Waals surface area contributed by atoms with E-state index in [-0.39, 0.29) is 0 Å². The lowest BCUT2D eigenvalue weighted by molar-refractivity contribution is -0.151. The summed E-state index contributed by atoms with van der Waals surface area (Å²) >= 11 is 0. The highest BCUT2D eigenvalue weighted by Crippen LogP contribution is 2.36. The van der Waals surface area contributed by atoms with Crippen LogP contribution in [0.3, 0.4) is 0 Å². The predicted molar refractivity (Wildman–Crippen MR) is 66.9 cm³/mol. The Kier molecular flexibility index (Phi) is 4.92. The summed E-state index contributed by atoms with van der Waals surface area (Å²) < 4.78 is 30.2. The van der Waals surface area contributed by atoms with E-state index >= 15 is 0 Å². The molecule has 1 aliphatic rings. The number of hydrogen-bond donors (Lipinski definition) is 2. The summed E-state index contributed by atoms with van der Waals surface area (Å²) in [5, 5.41) is 9.27. The minimum absolute atomic E-state index is 0.410. The van der Waals surface area contributed by atoms with Crippen LogP contribution in [-0.4, -0.2) is 44.4 Å². The highest BCUT2D eigenvalue weighted by atomic mass is 32.2. The summed E-state index contributed by atoms with van der Waals surface area (Å²) in [6.07, 6.45) is 2.36. The Balaban J connectivity index is 2.83. The maximum atomic E-state index is 11.8. The number of carboxylic acids is 1. The lowest BCUT2D eigenvalue weighted by Crippen LogP contribution is -2.53. The van der Waals surface area contributed by atoms with Crippen LogP contribution in [0.5, 0.6) is 0 Å². The third-order valence-electron chi connectivity index (χ3n) is 3.55. The molecule has 1 aliphatic carbocycles. The molecule has 7 nitrogen and oxygen atoms in total. The van der Waals surface area contributed by atoms with Crippen LogP contribution >= 0.6 is 0 Å². The summed E-state index contributed by atoms with van der Waals surface area (Å²) in [5.41, 5.74) is -1.14. The normalized spacial score (nSPS) is 27.8. The number of carbonyl (C=O) groups excluding carboxylic acids is 1. The first-order valence-electron chi connectivity index (χ1n) is 6.01. The van der Waals surface area contributed by atoms with Crippen molar-refractivity contribution in [2.75, 3.05) is 12.9 Å². The standard InChI is InChI=1S/C11H19NO6S/c1-11(10(14)15)6-4-3-5-8(11)12-19(16,17)7-9(13)18-2/h8,12H,3-7H2,1-2H3,(H,14,15). The van der Waals surface area contributed by atoms with Gasteiger partial charge in [0, 0.05) is 6.04 Å². The highest BCUT2D eigenvalue weighted by molar-refractivity contribution is 7.90. The van der Waals surface area contributed by atoms with Crippen LogP contribution in [-0.2, 0) is 24.3 Å². The second kappa shape index (κ2) is 5.87. The molecule has 0 aromatic rings. The average Bonchev–Trinajstić information content (AvgIpc) is 2.31. The molecule has 2 N–H and O–H groups in total. The van der Waals surface area contributed by atoms with Gasteiger partial charge >= 0.3 is 11.9 Å². The summed E-state index contributed by atoms with van der Waals surface area (Å²) in [6.45, 7) is 1.53. The Bertz CT molecular complexity index is 460. The van der Waals surface area contributed by atoms with Gasteiger partial charge in [0.2, 0.25) is 10.0 Å². The molecule has 0 radical (unpaired) electrons. The lowest BCUT2D eigenvalue weighted by atomic mass is 9.72. The van der Waals surface area contributed by atoms with Crippen molar-refractivity contribution >= 4 is 22.0 Å². The molecule has 0 heterocycles. The van der Waals surface area contributed by atoms with Crippen LogP contribution in [0.15, 0.2) is 0 Å². The molecule has 0 aromatic carbocycles. The number of methoxy groups -OCH3 is 1. The number of sulfonamides is 1. The van der Waals surface area contributed by atoms with E-state index < -0.39 is 39.2 Å². The Hall–Kier alpha value is -1.15. The Morgan fingerprint density at radius 3 is 2.58 bits per heavy atom. The Morgan fingerprint density at radius 1 is 1.42 bits per heavy atom. The van der Waals surface area contributed by atoms with Crippen LogP contribution in [0, 0.1) is 5.41 Å². The van der Waals surface area contributed by atoms with Crippen LogP contribution in [0.1, 0.15) is 32.6 Å². The van der Waals surface area contributed by atoms with Gasteiger partial charge in [0.1, 0.15) is 0 Å². The van der Waals surface area contributed by atoms with Gasteiger partial charge in [-0.15, -0.1) is 0 Å². The van der Waals surface area contributed by atoms with Crippen molar-refractivity contribution in [3.63, 3.8) is 0 Å². The molecule has 0 saturated heterocycles. The van der Waals surface area contributed by atoms with E-state index in [1.165, 1.54) is 6.92 Å². The molecular weight excluding hydrogens is 274 g/mol. The zero-order valence-corrected chi connectivity index (χ0v) is 11.8. The fourth-order valence-electron chi connectivity index (χ4n) is 2.25. The lowest BCUT2D eigenvalue weighted by Gasteiger charge is -2.37. The van der Waals surface area contributed by atoms with Crippen molar-refractivity contribution in [3.05, 3.63) is 0 Å². The van der Waals surface area contributed by atoms with Crippen LogP contribution in [0.25, 0.3) is 0 Å². The summed E-state index contributed by atoms with van der Waals surface area (Å²) in [7, 11) is -2.79. The molecule has 2 unspecified atom stereocenters. The van der Waals surface area contributed by atoms with E-state index in [9.17, 15) is 23.1 Å². The first-order chi connectivity index (χ1) is 8.71. The maximum Gasteiger partial charge on any atom is 0.322 e. The van der Waals surface area contributed by atoms with Gasteiger partial charge in [-0.05, 0) is 19.8 Å². The topological polar surface area (TPSA) is 110 Å². The summed E-state index contributed by atoms with van der Waals surface area (Å²) in [4.78, 5) is 22.3. The average molecular weight is 293 g/mol.